The van der Waals surface area contributed by atoms with E-state index in [2.05, 4.69) is 5.32 Å². The monoisotopic (exact) mass is 354 g/mol. The van der Waals surface area contributed by atoms with Crippen LogP contribution >= 0.6 is 23.2 Å². The molecule has 23 heavy (non-hydrogen) atoms. The highest BCUT2D eigenvalue weighted by molar-refractivity contribution is 6.39. The lowest BCUT2D eigenvalue weighted by Crippen LogP contribution is -2.24. The fourth-order valence-corrected chi connectivity index (χ4v) is 2.58. The summed E-state index contributed by atoms with van der Waals surface area (Å²) < 4.78 is 12.9. The number of benzene rings is 2. The molecule has 0 aliphatic heterocycles. The summed E-state index contributed by atoms with van der Waals surface area (Å²) in [5.74, 6) is -0.418. The standard InChI is InChI=1S/C17H17Cl2FN2O/c1-22(11-12-5-7-13(20)8-6-12)10-9-16(23)21-17-14(18)3-2-4-15(17)19/h2-8H,9-11H2,1H3,(H,21,23). The third-order valence-corrected chi connectivity index (χ3v) is 3.94. The van der Waals surface area contributed by atoms with Crippen LogP contribution in [0.1, 0.15) is 12.0 Å². The quantitative estimate of drug-likeness (QED) is 0.822. The zero-order valence-electron chi connectivity index (χ0n) is 12.7. The second-order valence-corrected chi connectivity index (χ2v) is 6.07. The molecule has 0 atom stereocenters. The van der Waals surface area contributed by atoms with Crippen LogP contribution in [-0.2, 0) is 11.3 Å². The van der Waals surface area contributed by atoms with Crippen LogP contribution in [0.2, 0.25) is 10.0 Å². The summed E-state index contributed by atoms with van der Waals surface area (Å²) in [5.41, 5.74) is 1.42. The lowest BCUT2D eigenvalue weighted by Gasteiger charge is -2.17. The number of anilines is 1. The van der Waals surface area contributed by atoms with Gasteiger partial charge in [0.2, 0.25) is 5.91 Å². The number of hydrogen-bond donors (Lipinski definition) is 1. The van der Waals surface area contributed by atoms with Crippen molar-refractivity contribution in [3.63, 3.8) is 0 Å². The van der Waals surface area contributed by atoms with Gasteiger partial charge in [-0.05, 0) is 36.9 Å². The number of carbonyl (C=O) groups is 1. The van der Waals surface area contributed by atoms with Crippen molar-refractivity contribution in [1.82, 2.24) is 4.90 Å². The van der Waals surface area contributed by atoms with Crippen molar-refractivity contribution in [2.24, 2.45) is 0 Å². The Morgan fingerprint density at radius 1 is 1.13 bits per heavy atom. The number of hydrogen-bond acceptors (Lipinski definition) is 2. The van der Waals surface area contributed by atoms with Crippen LogP contribution in [0.25, 0.3) is 0 Å². The summed E-state index contributed by atoms with van der Waals surface area (Å²) >= 11 is 12.0. The molecule has 6 heteroatoms. The summed E-state index contributed by atoms with van der Waals surface area (Å²) in [6.45, 7) is 1.20. The van der Waals surface area contributed by atoms with Crippen LogP contribution in [0.5, 0.6) is 0 Å². The average Bonchev–Trinajstić information content (AvgIpc) is 2.51. The Bertz CT molecular complexity index is 657. The largest absolute Gasteiger partial charge is 0.324 e. The first-order valence-electron chi connectivity index (χ1n) is 7.12. The average molecular weight is 355 g/mol. The number of nitrogens with zero attached hydrogens (tertiary/aromatic N) is 1. The Labute approximate surface area is 145 Å². The summed E-state index contributed by atoms with van der Waals surface area (Å²) in [4.78, 5) is 14.0. The maximum absolute atomic E-state index is 12.9. The molecule has 1 N–H and O–H groups in total. The molecule has 3 nitrogen and oxygen atoms in total. The van der Waals surface area contributed by atoms with Crippen molar-refractivity contribution in [3.05, 3.63) is 63.9 Å². The molecule has 122 valence electrons. The third-order valence-electron chi connectivity index (χ3n) is 3.31. The van der Waals surface area contributed by atoms with E-state index in [0.717, 1.165) is 5.56 Å². The molecule has 2 rings (SSSR count). The van der Waals surface area contributed by atoms with Gasteiger partial charge in [0, 0.05) is 19.5 Å². The zero-order valence-corrected chi connectivity index (χ0v) is 14.2. The van der Waals surface area contributed by atoms with Crippen molar-refractivity contribution < 1.29 is 9.18 Å². The van der Waals surface area contributed by atoms with Gasteiger partial charge in [-0.3, -0.25) is 4.79 Å². The van der Waals surface area contributed by atoms with Crippen LogP contribution in [0.4, 0.5) is 10.1 Å². The smallest absolute Gasteiger partial charge is 0.225 e. The Hall–Kier alpha value is -1.62. The molecule has 1 amide bonds. The molecule has 2 aromatic carbocycles. The Balaban J connectivity index is 1.83. The van der Waals surface area contributed by atoms with Gasteiger partial charge in [-0.25, -0.2) is 4.39 Å². The summed E-state index contributed by atoms with van der Waals surface area (Å²) in [6, 6.07) is 11.4. The van der Waals surface area contributed by atoms with Crippen LogP contribution in [0, 0.1) is 5.82 Å². The number of nitrogens with one attached hydrogen (secondary N) is 1. The SMILES string of the molecule is CN(CCC(=O)Nc1c(Cl)cccc1Cl)Cc1ccc(F)cc1. The van der Waals surface area contributed by atoms with E-state index >= 15 is 0 Å². The van der Waals surface area contributed by atoms with Crippen LogP contribution in [-0.4, -0.2) is 24.4 Å². The van der Waals surface area contributed by atoms with Gasteiger partial charge in [-0.15, -0.1) is 0 Å². The van der Waals surface area contributed by atoms with Gasteiger partial charge in [-0.1, -0.05) is 41.4 Å². The minimum absolute atomic E-state index is 0.161. The number of amides is 1. The van der Waals surface area contributed by atoms with Crippen molar-refractivity contribution in [2.45, 2.75) is 13.0 Å². The zero-order chi connectivity index (χ0) is 16.8. The normalized spacial score (nSPS) is 10.8. The molecule has 0 aromatic heterocycles. The highest BCUT2D eigenvalue weighted by atomic mass is 35.5. The molecular formula is C17H17Cl2FN2O. The van der Waals surface area contributed by atoms with Crippen molar-refractivity contribution in [1.29, 1.82) is 0 Å². The van der Waals surface area contributed by atoms with Crippen LogP contribution < -0.4 is 5.32 Å². The van der Waals surface area contributed by atoms with Crippen molar-refractivity contribution in [2.75, 3.05) is 18.9 Å². The molecule has 0 bridgehead atoms. The molecule has 0 aliphatic rings. The maximum atomic E-state index is 12.9. The molecule has 0 saturated carbocycles. The van der Waals surface area contributed by atoms with Gasteiger partial charge < -0.3 is 10.2 Å². The molecular weight excluding hydrogens is 338 g/mol. The van der Waals surface area contributed by atoms with E-state index in [1.807, 2.05) is 11.9 Å². The molecule has 0 aliphatic carbocycles. The summed E-state index contributed by atoms with van der Waals surface area (Å²) in [5, 5.41) is 3.54. The lowest BCUT2D eigenvalue weighted by atomic mass is 10.2. The van der Waals surface area contributed by atoms with Gasteiger partial charge in [0.25, 0.3) is 0 Å². The molecule has 0 spiro atoms. The minimum atomic E-state index is -0.257. The van der Waals surface area contributed by atoms with Crippen molar-refractivity contribution in [3.8, 4) is 0 Å². The van der Waals surface area contributed by atoms with Gasteiger partial charge in [0.15, 0.2) is 0 Å². The molecule has 2 aromatic rings. The molecule has 0 saturated heterocycles. The summed E-state index contributed by atoms with van der Waals surface area (Å²) in [7, 11) is 1.90. The van der Waals surface area contributed by atoms with E-state index < -0.39 is 0 Å². The predicted molar refractivity (Wildman–Crippen MR) is 92.4 cm³/mol. The van der Waals surface area contributed by atoms with E-state index in [4.69, 9.17) is 23.2 Å². The third kappa shape index (κ3) is 5.50. The maximum Gasteiger partial charge on any atom is 0.225 e. The van der Waals surface area contributed by atoms with E-state index in [1.165, 1.54) is 12.1 Å². The highest BCUT2D eigenvalue weighted by Crippen LogP contribution is 2.29. The van der Waals surface area contributed by atoms with Crippen molar-refractivity contribution >= 4 is 34.8 Å². The second kappa shape index (κ2) is 8.29. The van der Waals surface area contributed by atoms with Crippen LogP contribution in [0.15, 0.2) is 42.5 Å². The first-order valence-corrected chi connectivity index (χ1v) is 7.88. The first-order chi connectivity index (χ1) is 11.0. The summed E-state index contributed by atoms with van der Waals surface area (Å²) in [6.07, 6.45) is 0.305. The topological polar surface area (TPSA) is 32.3 Å². The minimum Gasteiger partial charge on any atom is -0.324 e. The Kier molecular flexibility index (Phi) is 6.39. The fourth-order valence-electron chi connectivity index (χ4n) is 2.09. The number of rotatable bonds is 6. The first kappa shape index (κ1) is 17.7. The Morgan fingerprint density at radius 2 is 1.74 bits per heavy atom. The second-order valence-electron chi connectivity index (χ2n) is 5.26. The lowest BCUT2D eigenvalue weighted by molar-refractivity contribution is -0.116. The van der Waals surface area contributed by atoms with Gasteiger partial charge >= 0.3 is 0 Å². The number of para-hydroxylation sites is 1. The molecule has 0 radical (unpaired) electrons. The Morgan fingerprint density at radius 3 is 2.35 bits per heavy atom. The number of carbonyl (C=O) groups excluding carboxylic acids is 1. The van der Waals surface area contributed by atoms with Crippen LogP contribution in [0.3, 0.4) is 0 Å². The predicted octanol–water partition coefficient (Wildman–Crippen LogP) is 4.59. The van der Waals surface area contributed by atoms with Gasteiger partial charge in [0.1, 0.15) is 5.82 Å². The molecule has 0 heterocycles. The van der Waals surface area contributed by atoms with E-state index in [9.17, 15) is 9.18 Å². The van der Waals surface area contributed by atoms with E-state index in [0.29, 0.717) is 35.2 Å². The van der Waals surface area contributed by atoms with Gasteiger partial charge in [0.05, 0.1) is 15.7 Å². The highest BCUT2D eigenvalue weighted by Gasteiger charge is 2.10. The van der Waals surface area contributed by atoms with Gasteiger partial charge in [-0.2, -0.15) is 0 Å². The van der Waals surface area contributed by atoms with E-state index in [-0.39, 0.29) is 11.7 Å². The van der Waals surface area contributed by atoms with E-state index in [1.54, 1.807) is 30.3 Å². The number of halogens is 3. The fraction of sp³-hybridized carbons (Fsp3) is 0.235. The molecule has 0 fully saturated rings. The molecule has 0 unspecified atom stereocenters.